The van der Waals surface area contributed by atoms with Crippen LogP contribution in [0.25, 0.3) is 0 Å². The lowest BCUT2D eigenvalue weighted by atomic mass is 10.0. The van der Waals surface area contributed by atoms with E-state index in [2.05, 4.69) is 154 Å². The van der Waals surface area contributed by atoms with Gasteiger partial charge in [-0.3, -0.25) is 14.4 Å². The van der Waals surface area contributed by atoms with Crippen LogP contribution in [0.1, 0.15) is 316 Å². The number of unbranched alkanes of at least 4 members (excludes halogenated alkanes) is 29. The molecule has 472 valence electrons. The Morgan fingerprint density at radius 1 is 0.253 bits per heavy atom. The molecule has 0 saturated carbocycles. The van der Waals surface area contributed by atoms with Crippen molar-refractivity contribution < 1.29 is 28.6 Å². The van der Waals surface area contributed by atoms with Crippen LogP contribution in [0.4, 0.5) is 0 Å². The molecule has 0 heterocycles. The Hall–Kier alpha value is -4.45. The van der Waals surface area contributed by atoms with Crippen molar-refractivity contribution in [1.82, 2.24) is 0 Å². The van der Waals surface area contributed by atoms with Gasteiger partial charge in [-0.2, -0.15) is 0 Å². The summed E-state index contributed by atoms with van der Waals surface area (Å²) in [5, 5.41) is 0. The summed E-state index contributed by atoms with van der Waals surface area (Å²) in [5.41, 5.74) is 0. The first-order chi connectivity index (χ1) is 41.0. The van der Waals surface area contributed by atoms with Crippen LogP contribution < -0.4 is 0 Å². The highest BCUT2D eigenvalue weighted by Gasteiger charge is 2.19. The summed E-state index contributed by atoms with van der Waals surface area (Å²) in [6.07, 6.45) is 99.0. The van der Waals surface area contributed by atoms with Gasteiger partial charge in [-0.05, 0) is 116 Å². The third kappa shape index (κ3) is 68.2. The van der Waals surface area contributed by atoms with Crippen LogP contribution >= 0.6 is 0 Å². The number of rotatable bonds is 62. The van der Waals surface area contributed by atoms with E-state index in [-0.39, 0.29) is 31.1 Å². The van der Waals surface area contributed by atoms with Crippen molar-refractivity contribution in [3.63, 3.8) is 0 Å². The quantitative estimate of drug-likeness (QED) is 0.0261. The van der Waals surface area contributed by atoms with Crippen LogP contribution in [-0.4, -0.2) is 37.2 Å². The first kappa shape index (κ1) is 78.5. The molecular weight excluding hydrogens is 1020 g/mol. The molecule has 6 heteroatoms. The van der Waals surface area contributed by atoms with Gasteiger partial charge in [0, 0.05) is 19.3 Å². The molecule has 0 aliphatic rings. The van der Waals surface area contributed by atoms with Crippen molar-refractivity contribution in [1.29, 1.82) is 0 Å². The third-order valence-electron chi connectivity index (χ3n) is 14.7. The molecule has 1 atom stereocenters. The van der Waals surface area contributed by atoms with Crippen LogP contribution in [0.15, 0.2) is 134 Å². The number of esters is 3. The van der Waals surface area contributed by atoms with Gasteiger partial charge in [0.15, 0.2) is 6.10 Å². The molecule has 0 radical (unpaired) electrons. The van der Waals surface area contributed by atoms with Crippen LogP contribution in [0.5, 0.6) is 0 Å². The van der Waals surface area contributed by atoms with Crippen LogP contribution in [0, 0.1) is 0 Å². The molecule has 0 rings (SSSR count). The molecule has 0 aromatic rings. The highest BCUT2D eigenvalue weighted by atomic mass is 16.6. The topological polar surface area (TPSA) is 78.9 Å². The number of ether oxygens (including phenoxy) is 3. The van der Waals surface area contributed by atoms with Gasteiger partial charge in [-0.1, -0.05) is 315 Å². The summed E-state index contributed by atoms with van der Waals surface area (Å²) in [6.45, 7) is 6.39. The number of carbonyl (C=O) groups excluding carboxylic acids is 3. The molecule has 0 aromatic heterocycles. The van der Waals surface area contributed by atoms with Crippen molar-refractivity contribution in [2.75, 3.05) is 13.2 Å². The zero-order chi connectivity index (χ0) is 59.9. The van der Waals surface area contributed by atoms with E-state index in [4.69, 9.17) is 14.2 Å². The van der Waals surface area contributed by atoms with Crippen LogP contribution in [0.2, 0.25) is 0 Å². The fourth-order valence-corrected chi connectivity index (χ4v) is 9.53. The lowest BCUT2D eigenvalue weighted by Gasteiger charge is -2.18. The maximum Gasteiger partial charge on any atom is 0.306 e. The van der Waals surface area contributed by atoms with Gasteiger partial charge in [-0.15, -0.1) is 0 Å². The van der Waals surface area contributed by atoms with E-state index in [1.165, 1.54) is 128 Å². The van der Waals surface area contributed by atoms with Gasteiger partial charge >= 0.3 is 17.9 Å². The second kappa shape index (κ2) is 70.0. The van der Waals surface area contributed by atoms with Gasteiger partial charge in [0.05, 0.1) is 0 Å². The summed E-state index contributed by atoms with van der Waals surface area (Å²) in [4.78, 5) is 38.4. The highest BCUT2D eigenvalue weighted by molar-refractivity contribution is 5.71. The van der Waals surface area contributed by atoms with Crippen molar-refractivity contribution in [2.24, 2.45) is 0 Å². The van der Waals surface area contributed by atoms with E-state index in [9.17, 15) is 14.4 Å². The fraction of sp³-hybridized carbons (Fsp3) is 0.675. The molecule has 6 nitrogen and oxygen atoms in total. The standard InChI is InChI=1S/C77H128O6/c1-4-7-10-13-16-19-22-25-28-30-32-34-36-37-38-39-41-42-44-46-49-52-55-58-61-64-67-70-76(79)82-73-74(72-81-75(78)69-66-63-60-57-54-51-48-27-24-21-18-15-12-9-6-3)83-77(80)71-68-65-62-59-56-53-50-47-45-43-40-35-33-31-29-26-23-20-17-14-11-8-5-2/h7,9-10,12,16,18-19,21,25,27-28,32,34,37-38,41-42,46,48-49,54,57,74H,4-6,8,11,13-15,17,20,22-24,26,29-31,33,35-36,39-40,43-45,47,50-53,55-56,58-73H2,1-3H3/b10-7-,12-9-,19-16-,21-18-,28-25-,34-32-,38-37-,42-41-,48-27-,49-46-,57-54-. The second-order valence-electron chi connectivity index (χ2n) is 22.7. The molecule has 0 aliphatic carbocycles. The van der Waals surface area contributed by atoms with E-state index in [0.29, 0.717) is 19.3 Å². The Morgan fingerprint density at radius 2 is 0.470 bits per heavy atom. The molecule has 1 unspecified atom stereocenters. The molecule has 0 amide bonds. The molecule has 0 N–H and O–H groups in total. The number of carbonyl (C=O) groups is 3. The van der Waals surface area contributed by atoms with E-state index in [1.54, 1.807) is 0 Å². The zero-order valence-electron chi connectivity index (χ0n) is 54.2. The Kier molecular flexibility index (Phi) is 66.3. The Balaban J connectivity index is 4.41. The minimum Gasteiger partial charge on any atom is -0.462 e. The molecule has 0 fully saturated rings. The first-order valence-corrected chi connectivity index (χ1v) is 34.7. The summed E-state index contributed by atoms with van der Waals surface area (Å²) in [7, 11) is 0. The number of hydrogen-bond acceptors (Lipinski definition) is 6. The molecule has 0 bridgehead atoms. The Bertz CT molecular complexity index is 1750. The van der Waals surface area contributed by atoms with Crippen molar-refractivity contribution in [3.8, 4) is 0 Å². The monoisotopic (exact) mass is 1150 g/mol. The third-order valence-corrected chi connectivity index (χ3v) is 14.7. The fourth-order valence-electron chi connectivity index (χ4n) is 9.53. The second-order valence-corrected chi connectivity index (χ2v) is 22.7. The lowest BCUT2D eigenvalue weighted by molar-refractivity contribution is -0.167. The summed E-state index contributed by atoms with van der Waals surface area (Å²) >= 11 is 0. The summed E-state index contributed by atoms with van der Waals surface area (Å²) in [5.74, 6) is -0.954. The SMILES string of the molecule is CC/C=C\C/C=C\C/C=C\C/C=C\C/C=C\C/C=C\C/C=C\CCCCCCCC(=O)OCC(COC(=O)CCCC/C=C\C/C=C\C/C=C\C/C=C\CC)OC(=O)CCCCCCCCCCCCCCCCCCCCCCCCC. The zero-order valence-corrected chi connectivity index (χ0v) is 54.2. The predicted molar refractivity (Wildman–Crippen MR) is 362 cm³/mol. The maximum absolute atomic E-state index is 13.0. The average molecular weight is 1150 g/mol. The smallest absolute Gasteiger partial charge is 0.306 e. The summed E-state index contributed by atoms with van der Waals surface area (Å²) in [6, 6.07) is 0. The van der Waals surface area contributed by atoms with E-state index < -0.39 is 6.10 Å². The van der Waals surface area contributed by atoms with Crippen LogP contribution in [0.3, 0.4) is 0 Å². The Morgan fingerprint density at radius 3 is 0.759 bits per heavy atom. The van der Waals surface area contributed by atoms with E-state index in [0.717, 1.165) is 148 Å². The maximum atomic E-state index is 13.0. The normalized spacial score (nSPS) is 13.0. The predicted octanol–water partition coefficient (Wildman–Crippen LogP) is 24.1. The molecule has 0 saturated heterocycles. The Labute approximate surface area is 513 Å². The van der Waals surface area contributed by atoms with E-state index in [1.807, 2.05) is 0 Å². The van der Waals surface area contributed by atoms with E-state index >= 15 is 0 Å². The molecule has 0 aliphatic heterocycles. The number of allylic oxidation sites excluding steroid dienone is 22. The van der Waals surface area contributed by atoms with Gasteiger partial charge in [0.1, 0.15) is 13.2 Å². The number of hydrogen-bond donors (Lipinski definition) is 0. The van der Waals surface area contributed by atoms with Gasteiger partial charge in [0.2, 0.25) is 0 Å². The average Bonchev–Trinajstić information content (AvgIpc) is 3.49. The molecule has 0 spiro atoms. The van der Waals surface area contributed by atoms with Gasteiger partial charge in [-0.25, -0.2) is 0 Å². The molecular formula is C77H128O6. The van der Waals surface area contributed by atoms with Crippen molar-refractivity contribution in [2.45, 2.75) is 322 Å². The van der Waals surface area contributed by atoms with Gasteiger partial charge < -0.3 is 14.2 Å². The lowest BCUT2D eigenvalue weighted by Crippen LogP contribution is -2.30. The van der Waals surface area contributed by atoms with Crippen LogP contribution in [-0.2, 0) is 28.6 Å². The van der Waals surface area contributed by atoms with Gasteiger partial charge in [0.25, 0.3) is 0 Å². The van der Waals surface area contributed by atoms with Crippen molar-refractivity contribution >= 4 is 17.9 Å². The summed E-state index contributed by atoms with van der Waals surface area (Å²) < 4.78 is 16.9. The first-order valence-electron chi connectivity index (χ1n) is 34.7. The minimum absolute atomic E-state index is 0.103. The highest BCUT2D eigenvalue weighted by Crippen LogP contribution is 2.17. The molecule has 0 aromatic carbocycles. The van der Waals surface area contributed by atoms with Crippen molar-refractivity contribution in [3.05, 3.63) is 134 Å². The minimum atomic E-state index is -0.809. The molecule has 83 heavy (non-hydrogen) atoms. The largest absolute Gasteiger partial charge is 0.462 e.